The number of rotatable bonds is 7. The summed E-state index contributed by atoms with van der Waals surface area (Å²) in [6, 6.07) is 6.78. The zero-order valence-electron chi connectivity index (χ0n) is 15.1. The number of benzene rings is 1. The number of halogens is 1. The number of amides is 2. The van der Waals surface area contributed by atoms with Crippen LogP contribution in [0.3, 0.4) is 0 Å². The van der Waals surface area contributed by atoms with Crippen molar-refractivity contribution >= 4 is 23.4 Å². The fraction of sp³-hybridized carbons (Fsp3) is 0.579. The molecule has 0 saturated carbocycles. The molecule has 25 heavy (non-hydrogen) atoms. The molecule has 2 amide bonds. The first kappa shape index (κ1) is 19.7. The van der Waals surface area contributed by atoms with Gasteiger partial charge in [0, 0.05) is 30.6 Å². The monoisotopic (exact) mass is 366 g/mol. The van der Waals surface area contributed by atoms with Gasteiger partial charge in [-0.05, 0) is 37.5 Å². The van der Waals surface area contributed by atoms with Crippen LogP contribution in [0.5, 0.6) is 0 Å². The third kappa shape index (κ3) is 5.72. The Morgan fingerprint density at radius 2 is 1.96 bits per heavy atom. The Labute approximate surface area is 154 Å². The molecule has 2 rings (SSSR count). The predicted molar refractivity (Wildman–Crippen MR) is 98.3 cm³/mol. The van der Waals surface area contributed by atoms with E-state index in [-0.39, 0.29) is 23.8 Å². The molecule has 1 fully saturated rings. The molecule has 1 N–H and O–H groups in total. The minimum atomic E-state index is -0.549. The van der Waals surface area contributed by atoms with Gasteiger partial charge in [-0.25, -0.2) is 0 Å². The molecule has 6 heteroatoms. The predicted octanol–water partition coefficient (Wildman–Crippen LogP) is 3.01. The van der Waals surface area contributed by atoms with Crippen molar-refractivity contribution in [3.8, 4) is 0 Å². The fourth-order valence-corrected chi connectivity index (χ4v) is 2.96. The summed E-state index contributed by atoms with van der Waals surface area (Å²) in [5.41, 5.74) is 0.942. The highest BCUT2D eigenvalue weighted by Crippen LogP contribution is 2.16. The lowest BCUT2D eigenvalue weighted by molar-refractivity contribution is -0.143. The van der Waals surface area contributed by atoms with E-state index in [0.717, 1.165) is 25.0 Å². The maximum Gasteiger partial charge on any atom is 0.242 e. The van der Waals surface area contributed by atoms with Gasteiger partial charge in [-0.3, -0.25) is 9.59 Å². The Bertz CT molecular complexity index is 583. The summed E-state index contributed by atoms with van der Waals surface area (Å²) in [5.74, 6) is -0.381. The molecule has 0 spiro atoms. The van der Waals surface area contributed by atoms with Gasteiger partial charge < -0.3 is 15.0 Å². The summed E-state index contributed by atoms with van der Waals surface area (Å²) >= 11 is 5.92. The van der Waals surface area contributed by atoms with Crippen LogP contribution in [0.4, 0.5) is 0 Å². The molecule has 0 aromatic heterocycles. The molecule has 1 aliphatic rings. The van der Waals surface area contributed by atoms with Crippen molar-refractivity contribution < 1.29 is 14.3 Å². The molecule has 1 aromatic carbocycles. The van der Waals surface area contributed by atoms with Gasteiger partial charge in [0.15, 0.2) is 0 Å². The molecule has 0 radical (unpaired) electrons. The molecule has 1 heterocycles. The Balaban J connectivity index is 2.03. The lowest BCUT2D eigenvalue weighted by Crippen LogP contribution is -2.50. The van der Waals surface area contributed by atoms with Crippen molar-refractivity contribution in [1.29, 1.82) is 0 Å². The maximum atomic E-state index is 12.6. The quantitative estimate of drug-likeness (QED) is 0.807. The summed E-state index contributed by atoms with van der Waals surface area (Å²) in [4.78, 5) is 26.8. The average Bonchev–Trinajstić information content (AvgIpc) is 3.11. The van der Waals surface area contributed by atoms with E-state index in [1.807, 2.05) is 26.0 Å². The summed E-state index contributed by atoms with van der Waals surface area (Å²) < 4.78 is 5.53. The number of ether oxygens (including phenoxy) is 1. The van der Waals surface area contributed by atoms with Gasteiger partial charge in [-0.15, -0.1) is 0 Å². The van der Waals surface area contributed by atoms with Crippen LogP contribution in [0.1, 0.15) is 39.2 Å². The molecule has 0 unspecified atom stereocenters. The van der Waals surface area contributed by atoms with E-state index in [4.69, 9.17) is 16.3 Å². The van der Waals surface area contributed by atoms with E-state index < -0.39 is 6.04 Å². The van der Waals surface area contributed by atoms with Crippen LogP contribution < -0.4 is 5.32 Å². The first-order chi connectivity index (χ1) is 11.9. The highest BCUT2D eigenvalue weighted by molar-refractivity contribution is 6.30. The summed E-state index contributed by atoms with van der Waals surface area (Å²) in [5, 5.41) is 3.56. The Kier molecular flexibility index (Phi) is 7.26. The fourth-order valence-electron chi connectivity index (χ4n) is 2.83. The summed E-state index contributed by atoms with van der Waals surface area (Å²) in [6.07, 6.45) is 2.08. The second-order valence-corrected chi connectivity index (χ2v) is 7.24. The van der Waals surface area contributed by atoms with Crippen LogP contribution >= 0.6 is 11.6 Å². The molecule has 1 aliphatic heterocycles. The van der Waals surface area contributed by atoms with Crippen molar-refractivity contribution in [3.63, 3.8) is 0 Å². The van der Waals surface area contributed by atoms with Crippen molar-refractivity contribution in [2.45, 2.75) is 52.3 Å². The number of carbonyl (C=O) groups excluding carboxylic acids is 2. The number of nitrogens with zero attached hydrogens (tertiary/aromatic N) is 1. The number of hydrogen-bond donors (Lipinski definition) is 1. The summed E-state index contributed by atoms with van der Waals surface area (Å²) in [6.45, 7) is 7.07. The maximum absolute atomic E-state index is 12.6. The first-order valence-corrected chi connectivity index (χ1v) is 9.20. The second kappa shape index (κ2) is 9.20. The minimum Gasteiger partial charge on any atom is -0.376 e. The molecule has 0 bridgehead atoms. The Morgan fingerprint density at radius 1 is 1.28 bits per heavy atom. The SMILES string of the molecule is CC(C)C(=O)N(Cc1ccc(Cl)cc1)[C@@H](C)C(=O)NC[C@@H]1CCCO1. The van der Waals surface area contributed by atoms with E-state index in [9.17, 15) is 9.59 Å². The van der Waals surface area contributed by atoms with Crippen molar-refractivity contribution in [3.05, 3.63) is 34.9 Å². The van der Waals surface area contributed by atoms with Gasteiger partial charge in [0.05, 0.1) is 6.10 Å². The molecule has 1 aromatic rings. The zero-order chi connectivity index (χ0) is 18.4. The van der Waals surface area contributed by atoms with E-state index >= 15 is 0 Å². The van der Waals surface area contributed by atoms with Crippen molar-refractivity contribution in [2.24, 2.45) is 5.92 Å². The zero-order valence-corrected chi connectivity index (χ0v) is 15.9. The molecule has 2 atom stereocenters. The molecule has 138 valence electrons. The van der Waals surface area contributed by atoms with Gasteiger partial charge in [0.2, 0.25) is 11.8 Å². The van der Waals surface area contributed by atoms with Gasteiger partial charge in [-0.2, -0.15) is 0 Å². The number of hydrogen-bond acceptors (Lipinski definition) is 3. The van der Waals surface area contributed by atoms with Gasteiger partial charge in [-0.1, -0.05) is 37.6 Å². The van der Waals surface area contributed by atoms with E-state index in [2.05, 4.69) is 5.32 Å². The van der Waals surface area contributed by atoms with Crippen LogP contribution in [-0.2, 0) is 20.9 Å². The van der Waals surface area contributed by atoms with E-state index in [1.165, 1.54) is 0 Å². The lowest BCUT2D eigenvalue weighted by atomic mass is 10.1. The smallest absolute Gasteiger partial charge is 0.242 e. The largest absolute Gasteiger partial charge is 0.376 e. The Hall–Kier alpha value is -1.59. The molecule has 0 aliphatic carbocycles. The van der Waals surface area contributed by atoms with E-state index in [0.29, 0.717) is 18.1 Å². The number of carbonyl (C=O) groups is 2. The molecule has 5 nitrogen and oxygen atoms in total. The molecule has 1 saturated heterocycles. The van der Waals surface area contributed by atoms with Gasteiger partial charge >= 0.3 is 0 Å². The average molecular weight is 367 g/mol. The van der Waals surface area contributed by atoms with Crippen LogP contribution in [-0.4, -0.2) is 42.0 Å². The van der Waals surface area contributed by atoms with Crippen LogP contribution in [0, 0.1) is 5.92 Å². The normalized spacial score (nSPS) is 18.2. The minimum absolute atomic E-state index is 0.0466. The van der Waals surface area contributed by atoms with Crippen molar-refractivity contribution in [1.82, 2.24) is 10.2 Å². The summed E-state index contributed by atoms with van der Waals surface area (Å²) in [7, 11) is 0. The third-order valence-corrected chi connectivity index (χ3v) is 4.67. The Morgan fingerprint density at radius 3 is 2.52 bits per heavy atom. The standard InChI is InChI=1S/C19H27ClN2O3/c1-13(2)19(24)22(12-15-6-8-16(20)9-7-15)14(3)18(23)21-11-17-5-4-10-25-17/h6-9,13-14,17H,4-5,10-12H2,1-3H3,(H,21,23)/t14-,17-/m0/s1. The lowest BCUT2D eigenvalue weighted by Gasteiger charge is -2.30. The third-order valence-electron chi connectivity index (χ3n) is 4.42. The van der Waals surface area contributed by atoms with Crippen LogP contribution in [0.15, 0.2) is 24.3 Å². The van der Waals surface area contributed by atoms with Gasteiger partial charge in [0.25, 0.3) is 0 Å². The topological polar surface area (TPSA) is 58.6 Å². The highest BCUT2D eigenvalue weighted by Gasteiger charge is 2.28. The second-order valence-electron chi connectivity index (χ2n) is 6.80. The first-order valence-electron chi connectivity index (χ1n) is 8.82. The van der Waals surface area contributed by atoms with Crippen molar-refractivity contribution in [2.75, 3.05) is 13.2 Å². The van der Waals surface area contributed by atoms with Gasteiger partial charge in [0.1, 0.15) is 6.04 Å². The highest BCUT2D eigenvalue weighted by atomic mass is 35.5. The number of nitrogens with one attached hydrogen (secondary N) is 1. The van der Waals surface area contributed by atoms with Crippen LogP contribution in [0.25, 0.3) is 0 Å². The molecular formula is C19H27ClN2O3. The van der Waals surface area contributed by atoms with Crippen LogP contribution in [0.2, 0.25) is 5.02 Å². The van der Waals surface area contributed by atoms with E-state index in [1.54, 1.807) is 24.0 Å². The molecular weight excluding hydrogens is 340 g/mol.